The molecule has 0 aromatic heterocycles. The molecule has 1 atom stereocenters. The number of Topliss-reactive ketones (excluding diaryl/α,β-unsaturated/α-hetero) is 1. The molecule has 1 aromatic carbocycles. The first-order valence-electron chi connectivity index (χ1n) is 7.33. The quantitative estimate of drug-likeness (QED) is 0.587. The lowest BCUT2D eigenvalue weighted by atomic mass is 9.91. The summed E-state index contributed by atoms with van der Waals surface area (Å²) in [4.78, 5) is 12.2. The largest absolute Gasteiger partial charge is 0.294 e. The molecule has 0 aliphatic heterocycles. The highest BCUT2D eigenvalue weighted by Crippen LogP contribution is 2.19. The number of carbonyl (C=O) groups excluding carboxylic acids is 1. The molecular formula is C17H26O. The summed E-state index contributed by atoms with van der Waals surface area (Å²) in [5, 5.41) is 0. The summed E-state index contributed by atoms with van der Waals surface area (Å²) in [6.07, 6.45) is 6.49. The van der Waals surface area contributed by atoms with Crippen LogP contribution in [0.2, 0.25) is 0 Å². The Labute approximate surface area is 112 Å². The van der Waals surface area contributed by atoms with Crippen molar-refractivity contribution in [2.24, 2.45) is 5.92 Å². The van der Waals surface area contributed by atoms with E-state index in [4.69, 9.17) is 0 Å². The fraction of sp³-hybridized carbons (Fsp3) is 0.588. The van der Waals surface area contributed by atoms with Crippen molar-refractivity contribution >= 4 is 5.78 Å². The van der Waals surface area contributed by atoms with Crippen LogP contribution >= 0.6 is 0 Å². The third-order valence-corrected chi connectivity index (χ3v) is 3.70. The second-order valence-corrected chi connectivity index (χ2v) is 5.09. The first-order valence-corrected chi connectivity index (χ1v) is 7.33. The lowest BCUT2D eigenvalue weighted by Crippen LogP contribution is -2.08. The highest BCUT2D eigenvalue weighted by molar-refractivity contribution is 5.96. The zero-order valence-electron chi connectivity index (χ0n) is 12.0. The second-order valence-electron chi connectivity index (χ2n) is 5.09. The smallest absolute Gasteiger partial charge is 0.163 e. The Kier molecular flexibility index (Phi) is 6.70. The highest BCUT2D eigenvalue weighted by Gasteiger charge is 2.13. The normalized spacial score (nSPS) is 12.4. The van der Waals surface area contributed by atoms with Crippen molar-refractivity contribution < 1.29 is 4.79 Å². The van der Waals surface area contributed by atoms with Crippen LogP contribution in [0.15, 0.2) is 24.3 Å². The van der Waals surface area contributed by atoms with E-state index in [1.54, 1.807) is 0 Å². The van der Waals surface area contributed by atoms with E-state index in [-0.39, 0.29) is 0 Å². The van der Waals surface area contributed by atoms with Gasteiger partial charge in [0.15, 0.2) is 5.78 Å². The van der Waals surface area contributed by atoms with Crippen LogP contribution in [0, 0.1) is 5.92 Å². The highest BCUT2D eigenvalue weighted by atomic mass is 16.1. The molecule has 1 nitrogen and oxygen atoms in total. The Morgan fingerprint density at radius 3 is 2.28 bits per heavy atom. The van der Waals surface area contributed by atoms with Crippen LogP contribution in [-0.4, -0.2) is 5.78 Å². The van der Waals surface area contributed by atoms with Crippen LogP contribution in [-0.2, 0) is 6.42 Å². The fourth-order valence-electron chi connectivity index (χ4n) is 2.25. The van der Waals surface area contributed by atoms with Gasteiger partial charge in [-0.2, -0.15) is 0 Å². The van der Waals surface area contributed by atoms with Gasteiger partial charge in [0.2, 0.25) is 0 Å². The van der Waals surface area contributed by atoms with Crippen molar-refractivity contribution in [1.82, 2.24) is 0 Å². The molecule has 0 saturated heterocycles. The van der Waals surface area contributed by atoms with Crippen LogP contribution in [0.1, 0.15) is 68.8 Å². The zero-order valence-corrected chi connectivity index (χ0v) is 12.0. The number of benzene rings is 1. The molecule has 0 bridgehead atoms. The van der Waals surface area contributed by atoms with E-state index in [2.05, 4.69) is 32.9 Å². The van der Waals surface area contributed by atoms with E-state index < -0.39 is 0 Å². The topological polar surface area (TPSA) is 17.1 Å². The summed E-state index contributed by atoms with van der Waals surface area (Å²) in [7, 11) is 0. The van der Waals surface area contributed by atoms with E-state index in [9.17, 15) is 4.79 Å². The molecule has 0 aliphatic rings. The second kappa shape index (κ2) is 8.07. The molecule has 0 spiro atoms. The van der Waals surface area contributed by atoms with E-state index in [0.717, 1.165) is 18.4 Å². The molecule has 1 aromatic rings. The third-order valence-electron chi connectivity index (χ3n) is 3.70. The minimum absolute atomic E-state index is 0.306. The van der Waals surface area contributed by atoms with Crippen molar-refractivity contribution in [1.29, 1.82) is 0 Å². The number of hydrogen-bond acceptors (Lipinski definition) is 1. The van der Waals surface area contributed by atoms with Crippen molar-refractivity contribution in [2.75, 3.05) is 0 Å². The van der Waals surface area contributed by atoms with E-state index in [1.807, 2.05) is 12.1 Å². The molecule has 1 heteroatoms. The van der Waals surface area contributed by atoms with Crippen molar-refractivity contribution in [2.45, 2.75) is 59.3 Å². The van der Waals surface area contributed by atoms with E-state index in [1.165, 1.54) is 24.8 Å². The van der Waals surface area contributed by atoms with Crippen molar-refractivity contribution in [3.63, 3.8) is 0 Å². The third kappa shape index (κ3) is 4.64. The van der Waals surface area contributed by atoms with Crippen LogP contribution in [0.3, 0.4) is 0 Å². The van der Waals surface area contributed by atoms with Gasteiger partial charge in [0, 0.05) is 12.0 Å². The van der Waals surface area contributed by atoms with Gasteiger partial charge in [0.1, 0.15) is 0 Å². The maximum atomic E-state index is 12.2. The first-order chi connectivity index (χ1) is 8.71. The molecule has 0 saturated carbocycles. The predicted molar refractivity (Wildman–Crippen MR) is 78.1 cm³/mol. The number of unbranched alkanes of at least 4 members (excludes halogenated alkanes) is 1. The average molecular weight is 246 g/mol. The Morgan fingerprint density at radius 1 is 1.11 bits per heavy atom. The summed E-state index contributed by atoms with van der Waals surface area (Å²) >= 11 is 0. The Hall–Kier alpha value is -1.11. The zero-order chi connectivity index (χ0) is 13.4. The number of rotatable bonds is 8. The van der Waals surface area contributed by atoms with Gasteiger partial charge >= 0.3 is 0 Å². The Bertz CT molecular complexity index is 350. The molecule has 1 rings (SSSR count). The molecule has 0 N–H and O–H groups in total. The molecule has 18 heavy (non-hydrogen) atoms. The molecule has 0 aliphatic carbocycles. The molecule has 0 amide bonds. The van der Waals surface area contributed by atoms with Crippen molar-refractivity contribution in [3.05, 3.63) is 35.4 Å². The minimum Gasteiger partial charge on any atom is -0.294 e. The van der Waals surface area contributed by atoms with Gasteiger partial charge in [0.05, 0.1) is 0 Å². The summed E-state index contributed by atoms with van der Waals surface area (Å²) in [6.45, 7) is 6.53. The summed E-state index contributed by atoms with van der Waals surface area (Å²) in [5.41, 5.74) is 2.17. The number of hydrogen-bond donors (Lipinski definition) is 0. The fourth-order valence-corrected chi connectivity index (χ4v) is 2.25. The minimum atomic E-state index is 0.306. The van der Waals surface area contributed by atoms with Gasteiger partial charge < -0.3 is 0 Å². The number of ketones is 1. The molecule has 0 radical (unpaired) electrons. The van der Waals surface area contributed by atoms with E-state index in [0.29, 0.717) is 18.1 Å². The predicted octanol–water partition coefficient (Wildman–Crippen LogP) is 5.04. The number of aryl methyl sites for hydroxylation is 1. The molecule has 0 heterocycles. The lowest BCUT2D eigenvalue weighted by molar-refractivity contribution is 0.0957. The van der Waals surface area contributed by atoms with Crippen LogP contribution in [0.25, 0.3) is 0 Å². The summed E-state index contributed by atoms with van der Waals surface area (Å²) in [6, 6.07) is 8.10. The Morgan fingerprint density at radius 2 is 1.78 bits per heavy atom. The Balaban J connectivity index is 2.56. The first kappa shape index (κ1) is 14.9. The summed E-state index contributed by atoms with van der Waals surface area (Å²) in [5.74, 6) is 0.865. The van der Waals surface area contributed by atoms with Crippen LogP contribution in [0.4, 0.5) is 0 Å². The van der Waals surface area contributed by atoms with Gasteiger partial charge in [-0.25, -0.2) is 0 Å². The molecule has 1 unspecified atom stereocenters. The van der Waals surface area contributed by atoms with Crippen LogP contribution < -0.4 is 0 Å². The molecular weight excluding hydrogens is 220 g/mol. The van der Waals surface area contributed by atoms with Gasteiger partial charge in [-0.05, 0) is 17.9 Å². The summed E-state index contributed by atoms with van der Waals surface area (Å²) < 4.78 is 0. The van der Waals surface area contributed by atoms with Crippen LogP contribution in [0.5, 0.6) is 0 Å². The number of carbonyl (C=O) groups is 1. The van der Waals surface area contributed by atoms with Crippen molar-refractivity contribution in [3.8, 4) is 0 Å². The maximum absolute atomic E-state index is 12.2. The average Bonchev–Trinajstić information content (AvgIpc) is 2.43. The van der Waals surface area contributed by atoms with Gasteiger partial charge in [-0.15, -0.1) is 0 Å². The standard InChI is InChI=1S/C17H26O/c1-4-7-8-15(6-3)13-17(18)16-11-9-14(5-2)10-12-16/h9-12,15H,4-8,13H2,1-3H3. The molecule has 100 valence electrons. The van der Waals surface area contributed by atoms with E-state index >= 15 is 0 Å². The van der Waals surface area contributed by atoms with Gasteiger partial charge in [-0.3, -0.25) is 4.79 Å². The molecule has 0 fully saturated rings. The van der Waals surface area contributed by atoms with Gasteiger partial charge in [-0.1, -0.05) is 70.7 Å². The van der Waals surface area contributed by atoms with Gasteiger partial charge in [0.25, 0.3) is 0 Å². The SMILES string of the molecule is CCCCC(CC)CC(=O)c1ccc(CC)cc1. The maximum Gasteiger partial charge on any atom is 0.163 e. The monoisotopic (exact) mass is 246 g/mol. The lowest BCUT2D eigenvalue weighted by Gasteiger charge is -2.13.